The molecule has 1 amide bonds. The Hall–Kier alpha value is -2.30. The average molecular weight is 242 g/mol. The molecular weight excluding hydrogens is 228 g/mol. The zero-order valence-corrected chi connectivity index (χ0v) is 9.84. The molecule has 0 fully saturated rings. The molecule has 0 saturated carbocycles. The number of anilines is 2. The summed E-state index contributed by atoms with van der Waals surface area (Å²) in [5, 5.41) is 7.06. The van der Waals surface area contributed by atoms with E-state index in [2.05, 4.69) is 10.4 Å². The van der Waals surface area contributed by atoms with Crippen LogP contribution in [0.5, 0.6) is 0 Å². The highest BCUT2D eigenvalue weighted by Crippen LogP contribution is 2.26. The quantitative estimate of drug-likeness (QED) is 0.797. The third kappa shape index (κ3) is 1.84. The van der Waals surface area contributed by atoms with Crippen LogP contribution in [0, 0.1) is 0 Å². The van der Waals surface area contributed by atoms with Crippen LogP contribution in [0.1, 0.15) is 18.0 Å². The van der Waals surface area contributed by atoms with Crippen molar-refractivity contribution in [1.82, 2.24) is 9.78 Å². The van der Waals surface area contributed by atoms with Crippen LogP contribution in [0.3, 0.4) is 0 Å². The molecule has 0 aliphatic carbocycles. The van der Waals surface area contributed by atoms with Crippen molar-refractivity contribution in [3.05, 3.63) is 42.2 Å². The van der Waals surface area contributed by atoms with Crippen molar-refractivity contribution in [1.29, 1.82) is 0 Å². The summed E-state index contributed by atoms with van der Waals surface area (Å²) in [6, 6.07) is 7.57. The summed E-state index contributed by atoms with van der Waals surface area (Å²) in [7, 11) is 0. The molecule has 0 spiro atoms. The second-order valence-corrected chi connectivity index (χ2v) is 4.45. The highest BCUT2D eigenvalue weighted by Gasteiger charge is 2.25. The summed E-state index contributed by atoms with van der Waals surface area (Å²) in [6.45, 7) is 0. The molecule has 1 aromatic heterocycles. The van der Waals surface area contributed by atoms with Gasteiger partial charge in [-0.05, 0) is 24.5 Å². The van der Waals surface area contributed by atoms with Crippen molar-refractivity contribution < 1.29 is 4.79 Å². The fourth-order valence-electron chi connectivity index (χ4n) is 2.28. The van der Waals surface area contributed by atoms with Crippen molar-refractivity contribution in [2.24, 2.45) is 0 Å². The third-order valence-corrected chi connectivity index (χ3v) is 3.21. The van der Waals surface area contributed by atoms with Gasteiger partial charge in [0.15, 0.2) is 0 Å². The second kappa shape index (κ2) is 4.18. The van der Waals surface area contributed by atoms with Gasteiger partial charge in [-0.2, -0.15) is 5.10 Å². The van der Waals surface area contributed by atoms with Gasteiger partial charge >= 0.3 is 0 Å². The van der Waals surface area contributed by atoms with Gasteiger partial charge in [0.2, 0.25) is 5.91 Å². The number of rotatable bonds is 1. The monoisotopic (exact) mass is 242 g/mol. The molecule has 5 nitrogen and oxygen atoms in total. The fourth-order valence-corrected chi connectivity index (χ4v) is 2.28. The Morgan fingerprint density at radius 3 is 3.00 bits per heavy atom. The van der Waals surface area contributed by atoms with E-state index in [-0.39, 0.29) is 11.9 Å². The molecule has 2 aromatic rings. The Balaban J connectivity index is 1.91. The lowest BCUT2D eigenvalue weighted by molar-refractivity contribution is -0.119. The Labute approximate surface area is 105 Å². The first-order chi connectivity index (χ1) is 8.74. The van der Waals surface area contributed by atoms with Crippen LogP contribution in [0.25, 0.3) is 0 Å². The topological polar surface area (TPSA) is 72.9 Å². The molecule has 3 rings (SSSR count). The number of nitrogen functional groups attached to an aromatic ring is 1. The first-order valence-electron chi connectivity index (χ1n) is 5.92. The minimum absolute atomic E-state index is 0.0388. The number of nitrogens with two attached hydrogens (primary N) is 1. The number of para-hydroxylation sites is 1. The SMILES string of the molecule is Nc1cnn(C2CCc3ccccc3NC2=O)c1. The van der Waals surface area contributed by atoms with Gasteiger partial charge in [-0.25, -0.2) is 0 Å². The number of aryl methyl sites for hydroxylation is 1. The van der Waals surface area contributed by atoms with Gasteiger partial charge in [0.1, 0.15) is 6.04 Å². The standard InChI is InChI=1S/C13H14N4O/c14-10-7-15-17(8-10)12-6-5-9-3-1-2-4-11(9)16-13(12)18/h1-4,7-8,12H,5-6,14H2,(H,16,18). The summed E-state index contributed by atoms with van der Waals surface area (Å²) in [5.74, 6) is -0.0388. The number of nitrogens with zero attached hydrogens (tertiary/aromatic N) is 2. The highest BCUT2D eigenvalue weighted by molar-refractivity contribution is 5.95. The maximum absolute atomic E-state index is 12.2. The van der Waals surface area contributed by atoms with E-state index in [1.807, 2.05) is 24.3 Å². The molecule has 18 heavy (non-hydrogen) atoms. The second-order valence-electron chi connectivity index (χ2n) is 4.45. The molecule has 3 N–H and O–H groups in total. The summed E-state index contributed by atoms with van der Waals surface area (Å²) in [5.41, 5.74) is 8.27. The van der Waals surface area contributed by atoms with Gasteiger partial charge in [0.25, 0.3) is 0 Å². The van der Waals surface area contributed by atoms with E-state index in [1.54, 1.807) is 17.1 Å². The van der Waals surface area contributed by atoms with Crippen molar-refractivity contribution in [2.75, 3.05) is 11.1 Å². The Morgan fingerprint density at radius 1 is 1.39 bits per heavy atom. The van der Waals surface area contributed by atoms with Crippen LogP contribution in [-0.4, -0.2) is 15.7 Å². The first kappa shape index (κ1) is 10.8. The lowest BCUT2D eigenvalue weighted by Gasteiger charge is -2.13. The fraction of sp³-hybridized carbons (Fsp3) is 0.231. The molecule has 1 aliphatic rings. The highest BCUT2D eigenvalue weighted by atomic mass is 16.2. The van der Waals surface area contributed by atoms with Crippen LogP contribution in [0.2, 0.25) is 0 Å². The van der Waals surface area contributed by atoms with Crippen LogP contribution < -0.4 is 11.1 Å². The molecule has 1 atom stereocenters. The maximum atomic E-state index is 12.2. The van der Waals surface area contributed by atoms with Crippen molar-refractivity contribution >= 4 is 17.3 Å². The van der Waals surface area contributed by atoms with Crippen LogP contribution in [-0.2, 0) is 11.2 Å². The van der Waals surface area contributed by atoms with E-state index >= 15 is 0 Å². The number of hydrogen-bond donors (Lipinski definition) is 2. The maximum Gasteiger partial charge on any atom is 0.249 e. The normalized spacial score (nSPS) is 18.9. The summed E-state index contributed by atoms with van der Waals surface area (Å²) < 4.78 is 1.64. The lowest BCUT2D eigenvalue weighted by Crippen LogP contribution is -2.25. The molecule has 5 heteroatoms. The Morgan fingerprint density at radius 2 is 2.22 bits per heavy atom. The number of fused-ring (bicyclic) bond motifs is 1. The van der Waals surface area contributed by atoms with Gasteiger partial charge < -0.3 is 11.1 Å². The van der Waals surface area contributed by atoms with Crippen molar-refractivity contribution in [2.45, 2.75) is 18.9 Å². The minimum Gasteiger partial charge on any atom is -0.396 e. The Kier molecular flexibility index (Phi) is 2.51. The molecule has 0 bridgehead atoms. The number of aromatic nitrogens is 2. The molecule has 92 valence electrons. The van der Waals surface area contributed by atoms with Crippen LogP contribution in [0.15, 0.2) is 36.7 Å². The number of benzene rings is 1. The third-order valence-electron chi connectivity index (χ3n) is 3.21. The van der Waals surface area contributed by atoms with Crippen molar-refractivity contribution in [3.63, 3.8) is 0 Å². The number of carbonyl (C=O) groups excluding carboxylic acids is 1. The lowest BCUT2D eigenvalue weighted by atomic mass is 10.1. The van der Waals surface area contributed by atoms with Gasteiger partial charge in [0, 0.05) is 11.9 Å². The van der Waals surface area contributed by atoms with Gasteiger partial charge in [-0.1, -0.05) is 18.2 Å². The van der Waals surface area contributed by atoms with Gasteiger partial charge in [0.05, 0.1) is 11.9 Å². The summed E-state index contributed by atoms with van der Waals surface area (Å²) in [4.78, 5) is 12.2. The first-order valence-corrected chi connectivity index (χ1v) is 5.92. The van der Waals surface area contributed by atoms with Crippen LogP contribution >= 0.6 is 0 Å². The zero-order chi connectivity index (χ0) is 12.5. The zero-order valence-electron chi connectivity index (χ0n) is 9.84. The van der Waals surface area contributed by atoms with Gasteiger partial charge in [-0.15, -0.1) is 0 Å². The molecule has 0 radical (unpaired) electrons. The largest absolute Gasteiger partial charge is 0.396 e. The molecular formula is C13H14N4O. The average Bonchev–Trinajstić information content (AvgIpc) is 2.70. The van der Waals surface area contributed by atoms with Crippen molar-refractivity contribution in [3.8, 4) is 0 Å². The van der Waals surface area contributed by atoms with E-state index in [1.165, 1.54) is 0 Å². The van der Waals surface area contributed by atoms with E-state index in [0.29, 0.717) is 5.69 Å². The number of hydrogen-bond acceptors (Lipinski definition) is 3. The number of nitrogens with one attached hydrogen (secondary N) is 1. The molecule has 1 unspecified atom stereocenters. The summed E-state index contributed by atoms with van der Waals surface area (Å²) >= 11 is 0. The van der Waals surface area contributed by atoms with Gasteiger partial charge in [-0.3, -0.25) is 9.48 Å². The minimum atomic E-state index is -0.297. The molecule has 0 saturated heterocycles. The predicted molar refractivity (Wildman–Crippen MR) is 69.1 cm³/mol. The van der Waals surface area contributed by atoms with E-state index in [0.717, 1.165) is 24.1 Å². The predicted octanol–water partition coefficient (Wildman–Crippen LogP) is 1.59. The summed E-state index contributed by atoms with van der Waals surface area (Å²) in [6.07, 6.45) is 4.83. The number of amides is 1. The smallest absolute Gasteiger partial charge is 0.249 e. The van der Waals surface area contributed by atoms with E-state index < -0.39 is 0 Å². The van der Waals surface area contributed by atoms with Crippen LogP contribution in [0.4, 0.5) is 11.4 Å². The molecule has 1 aliphatic heterocycles. The molecule has 1 aromatic carbocycles. The van der Waals surface area contributed by atoms with E-state index in [9.17, 15) is 4.79 Å². The number of carbonyl (C=O) groups is 1. The Bertz CT molecular complexity index is 590. The van der Waals surface area contributed by atoms with E-state index in [4.69, 9.17) is 5.73 Å². The molecule has 2 heterocycles.